The molecule has 0 atom stereocenters. The van der Waals surface area contributed by atoms with E-state index in [0.717, 1.165) is 180 Å². The molecule has 16 aromatic rings. The number of rotatable bonds is 33. The number of methoxy groups -OCH3 is 8. The van der Waals surface area contributed by atoms with E-state index in [-0.39, 0.29) is 26.4 Å². The van der Waals surface area contributed by atoms with Gasteiger partial charge >= 0.3 is 0 Å². The van der Waals surface area contributed by atoms with E-state index >= 15 is 0 Å². The highest BCUT2D eigenvalue weighted by atomic mass is 16.5. The van der Waals surface area contributed by atoms with Gasteiger partial charge in [-0.1, -0.05) is 97.1 Å². The third kappa shape index (κ3) is 20.2. The molecule has 0 aliphatic rings. The molecule has 14 nitrogen and oxygen atoms in total. The predicted molar refractivity (Wildman–Crippen MR) is 482 cm³/mol. The Labute approximate surface area is 713 Å². The summed E-state index contributed by atoms with van der Waals surface area (Å²) in [5.74, 6) is 8.98. The van der Waals surface area contributed by atoms with Crippen LogP contribution < -0.4 is 66.0 Å². The van der Waals surface area contributed by atoms with Gasteiger partial charge in [0.1, 0.15) is 95.4 Å². The summed E-state index contributed by atoms with van der Waals surface area (Å²) in [6, 6.07) is 113. The number of hydrogen-bond acceptors (Lipinski definition) is 12. The second kappa shape index (κ2) is 38.1. The molecule has 0 aliphatic carbocycles. The number of pyridine rings is 2. The first kappa shape index (κ1) is 80.8. The number of aromatic nitrogens is 2. The summed E-state index contributed by atoms with van der Waals surface area (Å²) in [6.07, 6.45) is 8.49. The zero-order valence-corrected chi connectivity index (χ0v) is 69.5. The van der Waals surface area contributed by atoms with E-state index in [1.165, 1.54) is 0 Å². The van der Waals surface area contributed by atoms with Crippen LogP contribution in [-0.4, -0.2) is 56.9 Å². The van der Waals surface area contributed by atoms with Gasteiger partial charge in [0, 0.05) is 47.5 Å². The van der Waals surface area contributed by atoms with E-state index in [0.29, 0.717) is 36.1 Å². The molecule has 2 heterocycles. The molecule has 14 aromatic carbocycles. The first-order valence-electron chi connectivity index (χ1n) is 40.4. The molecule has 0 saturated heterocycles. The van der Waals surface area contributed by atoms with Crippen molar-refractivity contribution in [2.45, 2.75) is 39.5 Å². The maximum Gasteiger partial charge on any atom is 0.174 e. The van der Waals surface area contributed by atoms with Crippen molar-refractivity contribution in [1.29, 1.82) is 0 Å². The summed E-state index contributed by atoms with van der Waals surface area (Å²) >= 11 is 0. The summed E-state index contributed by atoms with van der Waals surface area (Å²) in [5, 5.41) is 0. The van der Waals surface area contributed by atoms with Crippen molar-refractivity contribution in [1.82, 2.24) is 0 Å². The average molecular weight is 1610 g/mol. The number of benzene rings is 14. The molecule has 0 fully saturated rings. The molecule has 0 bridgehead atoms. The standard InChI is InChI=1S/C108H94N2O12/c1-111-97-25-9-79(10-26-97)89-49-75(50-90(61-89)80-11-27-98(112-2)28-12-80)69-119-105-57-73(58-106(65-105)120-70-76-51-91(81-13-29-99(113-3)30-14-81)62-92(52-76)82-15-31-100(114-4)32-16-82)67-109-45-41-87(42-46-109)88-43-47-110(48-44-88)68-74-59-107(121-71-77-53-93(83-17-33-101(115-5)34-18-83)63-94(54-77)84-19-35-102(116-6)36-20-84)66-108(60-74)122-72-78-55-95(85-21-37-103(117-7)38-22-85)64-96(56-78)86-23-39-104(118-8)40-24-86/h9-66H,67-72H2,1-8H3/q+2. The Hall–Kier alpha value is -15.0. The normalized spacial score (nSPS) is 11.0. The zero-order chi connectivity index (χ0) is 83.7. The molecule has 0 N–H and O–H groups in total. The third-order valence-corrected chi connectivity index (χ3v) is 21.7. The number of nitrogens with zero attached hydrogens (tertiary/aromatic N) is 2. The molecule has 0 amide bonds. The molecule has 0 unspecified atom stereocenters. The molecule has 0 saturated carbocycles. The second-order valence-corrected chi connectivity index (χ2v) is 29.8. The van der Waals surface area contributed by atoms with Gasteiger partial charge in [0.05, 0.1) is 56.9 Å². The van der Waals surface area contributed by atoms with Crippen LogP contribution in [-0.2, 0) is 39.5 Å². The van der Waals surface area contributed by atoms with E-state index in [2.05, 4.69) is 252 Å². The van der Waals surface area contributed by atoms with E-state index < -0.39 is 0 Å². The lowest BCUT2D eigenvalue weighted by Crippen LogP contribution is -2.33. The van der Waals surface area contributed by atoms with Crippen LogP contribution in [0.25, 0.3) is 100 Å². The zero-order valence-electron chi connectivity index (χ0n) is 69.5. The Morgan fingerprint density at radius 1 is 0.148 bits per heavy atom. The van der Waals surface area contributed by atoms with Crippen molar-refractivity contribution in [2.75, 3.05) is 56.9 Å². The maximum absolute atomic E-state index is 6.91. The van der Waals surface area contributed by atoms with Gasteiger partial charge in [0.25, 0.3) is 0 Å². The minimum atomic E-state index is 0.285. The fourth-order valence-electron chi connectivity index (χ4n) is 15.1. The first-order valence-corrected chi connectivity index (χ1v) is 40.4. The van der Waals surface area contributed by atoms with Gasteiger partial charge in [0.15, 0.2) is 37.9 Å². The van der Waals surface area contributed by atoms with E-state index in [1.54, 1.807) is 56.9 Å². The fraction of sp³-hybridized carbons (Fsp3) is 0.130. The van der Waals surface area contributed by atoms with Crippen LogP contribution in [0.5, 0.6) is 69.0 Å². The van der Waals surface area contributed by atoms with Crippen LogP contribution in [0.1, 0.15) is 33.4 Å². The van der Waals surface area contributed by atoms with Gasteiger partial charge in [-0.3, -0.25) is 0 Å². The summed E-state index contributed by atoms with van der Waals surface area (Å²) in [4.78, 5) is 0. The van der Waals surface area contributed by atoms with Crippen LogP contribution in [0.3, 0.4) is 0 Å². The molecule has 606 valence electrons. The predicted octanol–water partition coefficient (Wildman–Crippen LogP) is 23.7. The molecule has 16 rings (SSSR count). The van der Waals surface area contributed by atoms with E-state index in [4.69, 9.17) is 56.8 Å². The highest BCUT2D eigenvalue weighted by Gasteiger charge is 2.19. The summed E-state index contributed by atoms with van der Waals surface area (Å²) < 4.78 is 76.4. The number of hydrogen-bond donors (Lipinski definition) is 0. The smallest absolute Gasteiger partial charge is 0.174 e. The Morgan fingerprint density at radius 3 is 0.459 bits per heavy atom. The monoisotopic (exact) mass is 1610 g/mol. The van der Waals surface area contributed by atoms with Crippen molar-refractivity contribution in [2.24, 2.45) is 0 Å². The van der Waals surface area contributed by atoms with Gasteiger partial charge in [-0.05, 0) is 317 Å². The maximum atomic E-state index is 6.91. The molecular formula is C108H94N2O12+2. The van der Waals surface area contributed by atoms with Crippen LogP contribution in [0.15, 0.2) is 352 Å². The first-order chi connectivity index (χ1) is 59.8. The van der Waals surface area contributed by atoms with E-state index in [1.807, 2.05) is 109 Å². The lowest BCUT2D eigenvalue weighted by Gasteiger charge is -2.15. The van der Waals surface area contributed by atoms with Crippen LogP contribution in [0, 0.1) is 0 Å². The fourth-order valence-corrected chi connectivity index (χ4v) is 15.1. The SMILES string of the molecule is COc1ccc(-c2cc(COc3cc(C[n+]4ccc(-c5cc[n+](Cc6cc(OCc7cc(-c8ccc(OC)cc8)cc(-c8ccc(OC)cc8)c7)cc(OCc7cc(-c8ccc(OC)cc8)cc(-c8ccc(OC)cc8)c7)c6)cc5)cc4)cc(OCc4cc(-c5ccc(OC)cc5)cc(-c5ccc(OC)cc5)c4)c3)cc(-c3ccc(OC)cc3)c2)cc1. The Kier molecular flexibility index (Phi) is 25.3. The lowest BCUT2D eigenvalue weighted by molar-refractivity contribution is -0.688. The molecule has 0 spiro atoms. The quantitative estimate of drug-likeness (QED) is 0.0364. The van der Waals surface area contributed by atoms with Gasteiger partial charge in [-0.15, -0.1) is 0 Å². The minimum absolute atomic E-state index is 0.285. The average Bonchev–Trinajstić information content (AvgIpc) is 0.821. The largest absolute Gasteiger partial charge is 0.497 e. The van der Waals surface area contributed by atoms with E-state index in [9.17, 15) is 0 Å². The van der Waals surface area contributed by atoms with Crippen molar-refractivity contribution in [3.63, 3.8) is 0 Å². The van der Waals surface area contributed by atoms with Crippen LogP contribution >= 0.6 is 0 Å². The van der Waals surface area contributed by atoms with Gasteiger partial charge in [-0.25, -0.2) is 9.13 Å². The molecular weight excluding hydrogens is 1520 g/mol. The topological polar surface area (TPSA) is 119 Å². The Morgan fingerprint density at radius 2 is 0.303 bits per heavy atom. The molecule has 2 aromatic heterocycles. The van der Waals surface area contributed by atoms with Crippen molar-refractivity contribution < 1.29 is 66.0 Å². The molecule has 14 heteroatoms. The Balaban J connectivity index is 0.682. The Bertz CT molecular complexity index is 5250. The molecule has 0 radical (unpaired) electrons. The summed E-state index contributed by atoms with van der Waals surface area (Å²) in [7, 11) is 13.5. The van der Waals surface area contributed by atoms with Crippen LogP contribution in [0.4, 0.5) is 0 Å². The van der Waals surface area contributed by atoms with Gasteiger partial charge in [0.2, 0.25) is 0 Å². The highest BCUT2D eigenvalue weighted by molar-refractivity contribution is 5.79. The molecule has 0 aliphatic heterocycles. The molecule has 122 heavy (non-hydrogen) atoms. The van der Waals surface area contributed by atoms with Gasteiger partial charge in [-0.2, -0.15) is 0 Å². The lowest BCUT2D eigenvalue weighted by atomic mass is 9.96. The minimum Gasteiger partial charge on any atom is -0.497 e. The third-order valence-electron chi connectivity index (χ3n) is 21.7. The van der Waals surface area contributed by atoms with Gasteiger partial charge < -0.3 is 56.8 Å². The van der Waals surface area contributed by atoms with Crippen LogP contribution in [0.2, 0.25) is 0 Å². The van der Waals surface area contributed by atoms with Crippen molar-refractivity contribution in [3.8, 4) is 169 Å². The second-order valence-electron chi connectivity index (χ2n) is 29.8. The van der Waals surface area contributed by atoms with Crippen molar-refractivity contribution in [3.05, 3.63) is 386 Å². The summed E-state index contributed by atoms with van der Waals surface area (Å²) in [5.41, 5.74) is 24.9. The number of ether oxygens (including phenoxy) is 12. The van der Waals surface area contributed by atoms with Crippen molar-refractivity contribution >= 4 is 0 Å². The summed E-state index contributed by atoms with van der Waals surface area (Å²) in [6.45, 7) is 2.20. The highest BCUT2D eigenvalue weighted by Crippen LogP contribution is 2.39.